The number of nitrogens with zero attached hydrogens (tertiary/aromatic N) is 2. The molecule has 7 nitrogen and oxygen atoms in total. The third-order valence-corrected chi connectivity index (χ3v) is 6.09. The molecule has 0 radical (unpaired) electrons. The van der Waals surface area contributed by atoms with Gasteiger partial charge in [0.25, 0.3) is 0 Å². The van der Waals surface area contributed by atoms with Crippen LogP contribution in [0, 0.1) is 5.95 Å². The first-order valence-corrected chi connectivity index (χ1v) is 9.53. The van der Waals surface area contributed by atoms with E-state index in [4.69, 9.17) is 5.73 Å². The number of carboxylic acid groups (broad SMARTS) is 1. The number of pyridine rings is 2. The van der Waals surface area contributed by atoms with E-state index in [9.17, 15) is 14.3 Å². The van der Waals surface area contributed by atoms with Crippen LogP contribution in [0.25, 0.3) is 22.5 Å². The number of aromatic carboxylic acids is 1. The summed E-state index contributed by atoms with van der Waals surface area (Å²) in [5.41, 5.74) is 11.7. The molecular formula is C21H20FN5O2. The summed E-state index contributed by atoms with van der Waals surface area (Å²) in [4.78, 5) is 23.8. The predicted molar refractivity (Wildman–Crippen MR) is 105 cm³/mol. The quantitative estimate of drug-likeness (QED) is 0.503. The lowest BCUT2D eigenvalue weighted by atomic mass is 9.76. The average Bonchev–Trinajstić information content (AvgIpc) is 3.08. The molecule has 3 aromatic heterocycles. The van der Waals surface area contributed by atoms with E-state index >= 15 is 0 Å². The third kappa shape index (κ3) is 2.67. The van der Waals surface area contributed by atoms with Gasteiger partial charge in [0.2, 0.25) is 5.95 Å². The van der Waals surface area contributed by atoms with Gasteiger partial charge in [0.1, 0.15) is 0 Å². The number of nitrogens with one attached hydrogen (secondary N) is 2. The second-order valence-electron chi connectivity index (χ2n) is 7.72. The van der Waals surface area contributed by atoms with Crippen LogP contribution < -0.4 is 11.1 Å². The topological polar surface area (TPSA) is 117 Å². The fourth-order valence-corrected chi connectivity index (χ4v) is 4.36. The van der Waals surface area contributed by atoms with E-state index in [2.05, 4.69) is 20.3 Å². The molecule has 8 heteroatoms. The smallest absolute Gasteiger partial charge is 0.337 e. The van der Waals surface area contributed by atoms with Crippen molar-refractivity contribution in [3.05, 3.63) is 58.9 Å². The predicted octanol–water partition coefficient (Wildman–Crippen LogP) is 1.87. The Labute approximate surface area is 166 Å². The number of hydrogen-bond donors (Lipinski definition) is 4. The number of rotatable bonds is 4. The molecule has 0 atom stereocenters. The van der Waals surface area contributed by atoms with Gasteiger partial charge in [-0.1, -0.05) is 0 Å². The Hall–Kier alpha value is -3.10. The Bertz CT molecular complexity index is 1110. The third-order valence-electron chi connectivity index (χ3n) is 6.09. The highest BCUT2D eigenvalue weighted by atomic mass is 19.1. The van der Waals surface area contributed by atoms with Crippen molar-refractivity contribution < 1.29 is 14.3 Å². The summed E-state index contributed by atoms with van der Waals surface area (Å²) >= 11 is 0. The highest BCUT2D eigenvalue weighted by molar-refractivity contribution is 5.95. The Morgan fingerprint density at radius 3 is 2.69 bits per heavy atom. The molecule has 5 N–H and O–H groups in total. The number of carbonyl (C=O) groups is 1. The zero-order valence-electron chi connectivity index (χ0n) is 15.6. The molecule has 1 fully saturated rings. The fourth-order valence-electron chi connectivity index (χ4n) is 4.36. The Morgan fingerprint density at radius 1 is 1.24 bits per heavy atom. The largest absolute Gasteiger partial charge is 0.478 e. The summed E-state index contributed by atoms with van der Waals surface area (Å²) in [5, 5.41) is 13.2. The van der Waals surface area contributed by atoms with Crippen LogP contribution in [0.5, 0.6) is 0 Å². The van der Waals surface area contributed by atoms with Gasteiger partial charge in [-0.05, 0) is 42.2 Å². The molecule has 0 spiro atoms. The Balaban J connectivity index is 1.68. The molecule has 1 saturated heterocycles. The van der Waals surface area contributed by atoms with E-state index in [0.717, 1.165) is 22.4 Å². The molecule has 2 aliphatic rings. The summed E-state index contributed by atoms with van der Waals surface area (Å²) in [6, 6.07) is 4.85. The van der Waals surface area contributed by atoms with Gasteiger partial charge in [-0.25, -0.2) is 9.78 Å². The second-order valence-corrected chi connectivity index (χ2v) is 7.72. The summed E-state index contributed by atoms with van der Waals surface area (Å²) in [5.74, 6) is -1.48. The van der Waals surface area contributed by atoms with Gasteiger partial charge in [-0.3, -0.25) is 4.98 Å². The summed E-state index contributed by atoms with van der Waals surface area (Å²) in [6.45, 7) is 1.67. The van der Waals surface area contributed by atoms with Crippen molar-refractivity contribution in [3.8, 4) is 22.5 Å². The van der Waals surface area contributed by atoms with E-state index in [1.807, 2.05) is 12.3 Å². The number of nitrogens with two attached hydrogens (primary N) is 1. The van der Waals surface area contributed by atoms with Crippen molar-refractivity contribution in [2.75, 3.05) is 19.6 Å². The van der Waals surface area contributed by atoms with Gasteiger partial charge in [0.05, 0.1) is 17.0 Å². The molecular weight excluding hydrogens is 373 g/mol. The molecule has 0 aromatic carbocycles. The standard InChI is InChI=1S/C21H20FN5O2/c22-16-4-2-12(7-26-16)15-5-14-11(6-25-15)1-3-13-17(20(28)29)19(27-18(13)14)21(8-23)9-24-10-21/h2,4-7,24,27H,1,3,8-10,23H2,(H,28,29). The number of carboxylic acids is 1. The minimum absolute atomic E-state index is 0.347. The molecule has 29 heavy (non-hydrogen) atoms. The van der Waals surface area contributed by atoms with Crippen LogP contribution in [0.1, 0.15) is 27.2 Å². The maximum absolute atomic E-state index is 13.2. The minimum Gasteiger partial charge on any atom is -0.478 e. The zero-order valence-corrected chi connectivity index (χ0v) is 15.6. The van der Waals surface area contributed by atoms with Crippen LogP contribution in [0.4, 0.5) is 4.39 Å². The molecule has 5 rings (SSSR count). The number of aromatic nitrogens is 3. The van der Waals surface area contributed by atoms with E-state index < -0.39 is 11.9 Å². The lowest BCUT2D eigenvalue weighted by molar-refractivity contribution is 0.0691. The van der Waals surface area contributed by atoms with Gasteiger partial charge in [0, 0.05) is 54.3 Å². The first kappa shape index (κ1) is 18.0. The van der Waals surface area contributed by atoms with Gasteiger partial charge >= 0.3 is 5.97 Å². The van der Waals surface area contributed by atoms with Crippen molar-refractivity contribution >= 4 is 5.97 Å². The zero-order chi connectivity index (χ0) is 20.2. The molecule has 1 aliphatic heterocycles. The minimum atomic E-state index is -0.933. The second kappa shape index (κ2) is 6.47. The number of aryl methyl sites for hydroxylation is 1. The lowest BCUT2D eigenvalue weighted by Crippen LogP contribution is -2.61. The maximum atomic E-state index is 13.2. The molecule has 0 bridgehead atoms. The first-order chi connectivity index (χ1) is 14.0. The van der Waals surface area contributed by atoms with Crippen molar-refractivity contribution in [3.63, 3.8) is 0 Å². The molecule has 1 aliphatic carbocycles. The fraction of sp³-hybridized carbons (Fsp3) is 0.286. The van der Waals surface area contributed by atoms with Crippen LogP contribution in [-0.4, -0.2) is 45.7 Å². The molecule has 148 valence electrons. The first-order valence-electron chi connectivity index (χ1n) is 9.53. The monoisotopic (exact) mass is 393 g/mol. The van der Waals surface area contributed by atoms with Gasteiger partial charge in [0.15, 0.2) is 0 Å². The summed E-state index contributed by atoms with van der Waals surface area (Å²) < 4.78 is 13.2. The van der Waals surface area contributed by atoms with Gasteiger partial charge in [-0.15, -0.1) is 0 Å². The van der Waals surface area contributed by atoms with E-state index in [-0.39, 0.29) is 5.41 Å². The summed E-state index contributed by atoms with van der Waals surface area (Å²) in [6.07, 6.45) is 4.60. The van der Waals surface area contributed by atoms with E-state index in [1.54, 1.807) is 6.07 Å². The molecule has 0 saturated carbocycles. The average molecular weight is 393 g/mol. The molecule has 4 heterocycles. The summed E-state index contributed by atoms with van der Waals surface area (Å²) in [7, 11) is 0. The van der Waals surface area contributed by atoms with E-state index in [0.29, 0.717) is 55.0 Å². The Kier molecular flexibility index (Phi) is 4.01. The van der Waals surface area contributed by atoms with E-state index in [1.165, 1.54) is 12.3 Å². The maximum Gasteiger partial charge on any atom is 0.337 e. The van der Waals surface area contributed by atoms with Crippen LogP contribution >= 0.6 is 0 Å². The van der Waals surface area contributed by atoms with Crippen molar-refractivity contribution in [2.24, 2.45) is 5.73 Å². The number of halogens is 1. The molecule has 3 aromatic rings. The highest BCUT2D eigenvalue weighted by Crippen LogP contribution is 2.41. The molecule has 0 amide bonds. The number of hydrogen-bond acceptors (Lipinski definition) is 5. The van der Waals surface area contributed by atoms with Crippen molar-refractivity contribution in [2.45, 2.75) is 18.3 Å². The Morgan fingerprint density at radius 2 is 2.07 bits per heavy atom. The van der Waals surface area contributed by atoms with Crippen LogP contribution in [0.2, 0.25) is 0 Å². The van der Waals surface area contributed by atoms with Gasteiger partial charge < -0.3 is 21.1 Å². The normalized spacial score (nSPS) is 16.6. The number of aromatic amines is 1. The highest BCUT2D eigenvalue weighted by Gasteiger charge is 2.43. The van der Waals surface area contributed by atoms with Crippen LogP contribution in [0.15, 0.2) is 30.6 Å². The van der Waals surface area contributed by atoms with Gasteiger partial charge in [-0.2, -0.15) is 4.39 Å². The number of H-pyrrole nitrogens is 1. The molecule has 0 unspecified atom stereocenters. The lowest BCUT2D eigenvalue weighted by Gasteiger charge is -2.41. The van der Waals surface area contributed by atoms with Crippen molar-refractivity contribution in [1.82, 2.24) is 20.3 Å². The van der Waals surface area contributed by atoms with Crippen LogP contribution in [-0.2, 0) is 18.3 Å². The van der Waals surface area contributed by atoms with Crippen LogP contribution in [0.3, 0.4) is 0 Å². The number of fused-ring (bicyclic) bond motifs is 3. The SMILES string of the molecule is NCC1(c2[nH]c3c(c2C(=O)O)CCc2cnc(-c4ccc(F)nc4)cc2-3)CNC1. The van der Waals surface area contributed by atoms with Crippen molar-refractivity contribution in [1.29, 1.82) is 0 Å².